The fourth-order valence-electron chi connectivity index (χ4n) is 2.57. The Labute approximate surface area is 119 Å². The Bertz CT molecular complexity index is 484. The fourth-order valence-corrected chi connectivity index (χ4v) is 2.57. The number of para-hydroxylation sites is 1. The summed E-state index contributed by atoms with van der Waals surface area (Å²) in [6.07, 6.45) is 3.71. The number of rotatable bonds is 4. The molecule has 108 valence electrons. The second-order valence-electron chi connectivity index (χ2n) is 5.80. The zero-order valence-electron chi connectivity index (χ0n) is 11.6. The smallest absolute Gasteiger partial charge is 0.257 e. The van der Waals surface area contributed by atoms with E-state index in [1.165, 1.54) is 12.8 Å². The zero-order chi connectivity index (χ0) is 13.9. The summed E-state index contributed by atoms with van der Waals surface area (Å²) < 4.78 is 5.79. The highest BCUT2D eigenvalue weighted by Gasteiger charge is 2.26. The van der Waals surface area contributed by atoms with Gasteiger partial charge in [0.05, 0.1) is 18.3 Å². The molecule has 1 N–H and O–H groups in total. The third-order valence-electron chi connectivity index (χ3n) is 3.97. The van der Waals surface area contributed by atoms with Crippen LogP contribution in [0.3, 0.4) is 0 Å². The minimum atomic E-state index is -0.396. The Morgan fingerprint density at radius 1 is 1.30 bits per heavy atom. The average Bonchev–Trinajstić information content (AvgIpc) is 3.29. The Kier molecular flexibility index (Phi) is 3.92. The molecule has 1 aromatic carbocycles. The number of likely N-dealkylation sites (tertiary alicyclic amines) is 1. The highest BCUT2D eigenvalue weighted by Crippen LogP contribution is 2.30. The van der Waals surface area contributed by atoms with Gasteiger partial charge in [-0.3, -0.25) is 4.79 Å². The van der Waals surface area contributed by atoms with Crippen LogP contribution in [0, 0.1) is 5.92 Å². The first-order chi connectivity index (χ1) is 9.74. The summed E-state index contributed by atoms with van der Waals surface area (Å²) in [6.45, 7) is 1.84. The van der Waals surface area contributed by atoms with Crippen molar-refractivity contribution in [3.8, 4) is 5.75 Å². The van der Waals surface area contributed by atoms with E-state index < -0.39 is 6.10 Å². The van der Waals surface area contributed by atoms with Gasteiger partial charge < -0.3 is 14.7 Å². The van der Waals surface area contributed by atoms with Crippen LogP contribution in [0.25, 0.3) is 0 Å². The lowest BCUT2D eigenvalue weighted by Gasteiger charge is -2.30. The Hall–Kier alpha value is -1.55. The van der Waals surface area contributed by atoms with Crippen molar-refractivity contribution in [3.05, 3.63) is 29.8 Å². The number of amides is 1. The van der Waals surface area contributed by atoms with Crippen LogP contribution >= 0.6 is 0 Å². The molecule has 1 aliphatic carbocycles. The van der Waals surface area contributed by atoms with Crippen molar-refractivity contribution in [3.63, 3.8) is 0 Å². The summed E-state index contributed by atoms with van der Waals surface area (Å²) in [6, 6.07) is 7.42. The molecule has 2 fully saturated rings. The van der Waals surface area contributed by atoms with E-state index in [1.54, 1.807) is 4.90 Å². The van der Waals surface area contributed by atoms with Gasteiger partial charge in [-0.2, -0.15) is 0 Å². The summed E-state index contributed by atoms with van der Waals surface area (Å²) >= 11 is 0. The van der Waals surface area contributed by atoms with Gasteiger partial charge in [0, 0.05) is 13.1 Å². The van der Waals surface area contributed by atoms with Crippen LogP contribution < -0.4 is 4.74 Å². The van der Waals surface area contributed by atoms with E-state index >= 15 is 0 Å². The van der Waals surface area contributed by atoms with Gasteiger partial charge >= 0.3 is 0 Å². The lowest BCUT2D eigenvalue weighted by atomic mass is 10.1. The molecule has 4 nitrogen and oxygen atoms in total. The number of nitrogens with zero attached hydrogens (tertiary/aromatic N) is 1. The molecule has 20 heavy (non-hydrogen) atoms. The normalized spacial score (nSPS) is 22.6. The van der Waals surface area contributed by atoms with Crippen LogP contribution in [0.1, 0.15) is 36.0 Å². The summed E-state index contributed by atoms with van der Waals surface area (Å²) in [5, 5.41) is 9.70. The van der Waals surface area contributed by atoms with E-state index in [0.29, 0.717) is 36.9 Å². The molecule has 1 atom stereocenters. The topological polar surface area (TPSA) is 49.8 Å². The molecule has 0 radical (unpaired) electrons. The Morgan fingerprint density at radius 2 is 2.10 bits per heavy atom. The number of hydrogen-bond donors (Lipinski definition) is 1. The highest BCUT2D eigenvalue weighted by molar-refractivity contribution is 5.97. The van der Waals surface area contributed by atoms with Crippen LogP contribution in [-0.2, 0) is 0 Å². The van der Waals surface area contributed by atoms with Crippen molar-refractivity contribution in [2.45, 2.75) is 31.8 Å². The molecule has 1 amide bonds. The number of aliphatic hydroxyl groups is 1. The predicted molar refractivity (Wildman–Crippen MR) is 75.8 cm³/mol. The first-order valence-electron chi connectivity index (χ1n) is 7.43. The third-order valence-corrected chi connectivity index (χ3v) is 3.97. The summed E-state index contributed by atoms with van der Waals surface area (Å²) in [7, 11) is 0. The number of carbonyl (C=O) groups excluding carboxylic acids is 1. The highest BCUT2D eigenvalue weighted by atomic mass is 16.5. The number of piperidine rings is 1. The van der Waals surface area contributed by atoms with Gasteiger partial charge in [0.25, 0.3) is 5.91 Å². The predicted octanol–water partition coefficient (Wildman–Crippen LogP) is 2.07. The van der Waals surface area contributed by atoms with Gasteiger partial charge in [0.2, 0.25) is 0 Å². The van der Waals surface area contributed by atoms with E-state index in [1.807, 2.05) is 24.3 Å². The average molecular weight is 275 g/mol. The van der Waals surface area contributed by atoms with Crippen LogP contribution in [0.2, 0.25) is 0 Å². The molecule has 3 rings (SSSR count). The second kappa shape index (κ2) is 5.83. The molecule has 0 spiro atoms. The van der Waals surface area contributed by atoms with Crippen molar-refractivity contribution >= 4 is 5.91 Å². The van der Waals surface area contributed by atoms with Gasteiger partial charge in [0.1, 0.15) is 5.75 Å². The fraction of sp³-hybridized carbons (Fsp3) is 0.562. The number of ether oxygens (including phenoxy) is 1. The van der Waals surface area contributed by atoms with E-state index in [0.717, 1.165) is 12.8 Å². The van der Waals surface area contributed by atoms with Crippen LogP contribution in [-0.4, -0.2) is 41.7 Å². The third kappa shape index (κ3) is 3.12. The lowest BCUT2D eigenvalue weighted by Crippen LogP contribution is -2.42. The minimum Gasteiger partial charge on any atom is -0.492 e. The summed E-state index contributed by atoms with van der Waals surface area (Å²) in [4.78, 5) is 14.3. The number of carbonyl (C=O) groups is 1. The monoisotopic (exact) mass is 275 g/mol. The van der Waals surface area contributed by atoms with Crippen molar-refractivity contribution in [2.75, 3.05) is 19.7 Å². The molecule has 1 aliphatic heterocycles. The summed E-state index contributed by atoms with van der Waals surface area (Å²) in [5.41, 5.74) is 0.613. The van der Waals surface area contributed by atoms with Gasteiger partial charge in [-0.1, -0.05) is 12.1 Å². The zero-order valence-corrected chi connectivity index (χ0v) is 11.6. The SMILES string of the molecule is O=C(c1ccccc1OCC1CC1)N1CCCC(O)C1. The van der Waals surface area contributed by atoms with Crippen LogP contribution in [0.4, 0.5) is 0 Å². The van der Waals surface area contributed by atoms with Gasteiger partial charge in [-0.25, -0.2) is 0 Å². The molecule has 0 aromatic heterocycles. The van der Waals surface area contributed by atoms with Crippen molar-refractivity contribution in [2.24, 2.45) is 5.92 Å². The van der Waals surface area contributed by atoms with Crippen LogP contribution in [0.5, 0.6) is 5.75 Å². The number of aliphatic hydroxyl groups excluding tert-OH is 1. The molecule has 2 aliphatic rings. The number of β-amino-alcohol motifs (C(OH)–C–C–N with tert-alkyl or cyclic N) is 1. The van der Waals surface area contributed by atoms with E-state index in [4.69, 9.17) is 4.74 Å². The van der Waals surface area contributed by atoms with E-state index in [-0.39, 0.29) is 5.91 Å². The standard InChI is InChI=1S/C16H21NO3/c18-13-4-3-9-17(10-13)16(19)14-5-1-2-6-15(14)20-11-12-7-8-12/h1-2,5-6,12-13,18H,3-4,7-11H2. The molecule has 4 heteroatoms. The largest absolute Gasteiger partial charge is 0.492 e. The molecular formula is C16H21NO3. The van der Waals surface area contributed by atoms with Crippen LogP contribution in [0.15, 0.2) is 24.3 Å². The first-order valence-corrected chi connectivity index (χ1v) is 7.43. The van der Waals surface area contributed by atoms with Gasteiger partial charge in [0.15, 0.2) is 0 Å². The number of benzene rings is 1. The lowest BCUT2D eigenvalue weighted by molar-refractivity contribution is 0.0470. The quantitative estimate of drug-likeness (QED) is 0.915. The van der Waals surface area contributed by atoms with Crippen molar-refractivity contribution < 1.29 is 14.6 Å². The minimum absolute atomic E-state index is 0.0323. The first kappa shape index (κ1) is 13.4. The molecule has 1 aromatic rings. The maximum absolute atomic E-state index is 12.6. The maximum atomic E-state index is 12.6. The molecule has 1 saturated heterocycles. The Balaban J connectivity index is 1.72. The molecular weight excluding hydrogens is 254 g/mol. The van der Waals surface area contributed by atoms with E-state index in [2.05, 4.69) is 0 Å². The Morgan fingerprint density at radius 3 is 2.85 bits per heavy atom. The second-order valence-corrected chi connectivity index (χ2v) is 5.80. The van der Waals surface area contributed by atoms with Gasteiger partial charge in [-0.05, 0) is 43.7 Å². The molecule has 0 bridgehead atoms. The summed E-state index contributed by atoms with van der Waals surface area (Å²) in [5.74, 6) is 1.30. The van der Waals surface area contributed by atoms with Gasteiger partial charge in [-0.15, -0.1) is 0 Å². The molecule has 1 saturated carbocycles. The number of hydrogen-bond acceptors (Lipinski definition) is 3. The van der Waals surface area contributed by atoms with Crippen molar-refractivity contribution in [1.29, 1.82) is 0 Å². The van der Waals surface area contributed by atoms with Crippen molar-refractivity contribution in [1.82, 2.24) is 4.90 Å². The molecule has 1 heterocycles. The van der Waals surface area contributed by atoms with E-state index in [9.17, 15) is 9.90 Å². The molecule has 1 unspecified atom stereocenters. The maximum Gasteiger partial charge on any atom is 0.257 e.